The van der Waals surface area contributed by atoms with E-state index in [2.05, 4.69) is 11.2 Å². The number of non-ortho nitro benzene ring substituents is 1. The smallest absolute Gasteiger partial charge is 0.270 e. The van der Waals surface area contributed by atoms with Gasteiger partial charge in [-0.2, -0.15) is 5.10 Å². The van der Waals surface area contributed by atoms with E-state index in [4.69, 9.17) is 0 Å². The Morgan fingerprint density at radius 3 is 2.77 bits per heavy atom. The van der Waals surface area contributed by atoms with Gasteiger partial charge in [0.2, 0.25) is 0 Å². The normalized spacial score (nSPS) is 16.2. The SMILES string of the molecule is O=C(c1cccc([N+](=O)[O-])c1)N1Cc2ccccc2[C@H](n2cccn2)C1. The van der Waals surface area contributed by atoms with Crippen LogP contribution in [0.2, 0.25) is 0 Å². The van der Waals surface area contributed by atoms with E-state index in [9.17, 15) is 14.9 Å². The van der Waals surface area contributed by atoms with E-state index in [0.717, 1.165) is 11.1 Å². The molecular formula is C19H16N4O3. The van der Waals surface area contributed by atoms with Gasteiger partial charge in [-0.1, -0.05) is 30.3 Å². The van der Waals surface area contributed by atoms with Gasteiger partial charge in [0.25, 0.3) is 11.6 Å². The molecule has 1 atom stereocenters. The second-order valence-electron chi connectivity index (χ2n) is 6.19. The number of aromatic nitrogens is 2. The van der Waals surface area contributed by atoms with Gasteiger partial charge < -0.3 is 4.90 Å². The van der Waals surface area contributed by atoms with Crippen molar-refractivity contribution in [2.75, 3.05) is 6.54 Å². The molecule has 0 aliphatic carbocycles. The number of carbonyl (C=O) groups is 1. The lowest BCUT2D eigenvalue weighted by Gasteiger charge is -2.34. The highest BCUT2D eigenvalue weighted by molar-refractivity contribution is 5.95. The van der Waals surface area contributed by atoms with Crippen molar-refractivity contribution in [2.45, 2.75) is 12.6 Å². The maximum absolute atomic E-state index is 13.0. The summed E-state index contributed by atoms with van der Waals surface area (Å²) in [5.41, 5.74) is 2.42. The topological polar surface area (TPSA) is 81.3 Å². The number of nitro groups is 1. The van der Waals surface area contributed by atoms with Crippen LogP contribution < -0.4 is 0 Å². The number of rotatable bonds is 3. The van der Waals surface area contributed by atoms with Gasteiger partial charge >= 0.3 is 0 Å². The predicted molar refractivity (Wildman–Crippen MR) is 94.6 cm³/mol. The van der Waals surface area contributed by atoms with Crippen LogP contribution >= 0.6 is 0 Å². The molecule has 7 heteroatoms. The van der Waals surface area contributed by atoms with E-state index in [0.29, 0.717) is 18.7 Å². The summed E-state index contributed by atoms with van der Waals surface area (Å²) in [6, 6.07) is 15.6. The van der Waals surface area contributed by atoms with E-state index < -0.39 is 4.92 Å². The van der Waals surface area contributed by atoms with Crippen LogP contribution in [0.4, 0.5) is 5.69 Å². The quantitative estimate of drug-likeness (QED) is 0.538. The van der Waals surface area contributed by atoms with Crippen LogP contribution in [0.5, 0.6) is 0 Å². The Hall–Kier alpha value is -3.48. The third-order valence-electron chi connectivity index (χ3n) is 4.60. The number of fused-ring (bicyclic) bond motifs is 1. The zero-order valence-electron chi connectivity index (χ0n) is 13.9. The molecule has 0 saturated carbocycles. The van der Waals surface area contributed by atoms with Crippen molar-refractivity contribution in [1.29, 1.82) is 0 Å². The zero-order chi connectivity index (χ0) is 18.1. The highest BCUT2D eigenvalue weighted by atomic mass is 16.6. The number of benzene rings is 2. The van der Waals surface area contributed by atoms with Crippen molar-refractivity contribution in [3.8, 4) is 0 Å². The van der Waals surface area contributed by atoms with E-state index in [1.54, 1.807) is 17.2 Å². The summed E-state index contributed by atoms with van der Waals surface area (Å²) >= 11 is 0. The maximum atomic E-state index is 13.0. The maximum Gasteiger partial charge on any atom is 0.270 e. The average Bonchev–Trinajstić information content (AvgIpc) is 3.21. The van der Waals surface area contributed by atoms with Crippen molar-refractivity contribution in [3.63, 3.8) is 0 Å². The second kappa shape index (κ2) is 6.44. The fourth-order valence-electron chi connectivity index (χ4n) is 3.36. The first-order chi connectivity index (χ1) is 12.6. The lowest BCUT2D eigenvalue weighted by Crippen LogP contribution is -2.40. The summed E-state index contributed by atoms with van der Waals surface area (Å²) in [5.74, 6) is -0.222. The van der Waals surface area contributed by atoms with Gasteiger partial charge in [-0.15, -0.1) is 0 Å². The Labute approximate surface area is 149 Å². The highest BCUT2D eigenvalue weighted by Gasteiger charge is 2.30. The molecule has 0 radical (unpaired) electrons. The number of carbonyl (C=O) groups excluding carboxylic acids is 1. The van der Waals surface area contributed by atoms with Gasteiger partial charge in [0.1, 0.15) is 0 Å². The molecule has 1 aliphatic rings. The lowest BCUT2D eigenvalue weighted by molar-refractivity contribution is -0.384. The molecule has 1 aromatic heterocycles. The molecule has 130 valence electrons. The number of hydrogen-bond donors (Lipinski definition) is 0. The molecule has 0 bridgehead atoms. The van der Waals surface area contributed by atoms with E-state index in [1.807, 2.05) is 35.1 Å². The molecule has 26 heavy (non-hydrogen) atoms. The molecule has 3 aromatic rings. The first kappa shape index (κ1) is 16.0. The standard InChI is InChI=1S/C19H16N4O3/c24-19(14-6-3-7-16(11-14)23(25)26)21-12-15-5-1-2-8-17(15)18(13-21)22-10-4-9-20-22/h1-11,18H,12-13H2/t18-/m1/s1. The van der Waals surface area contributed by atoms with Crippen LogP contribution in [0.3, 0.4) is 0 Å². The Morgan fingerprint density at radius 1 is 1.15 bits per heavy atom. The summed E-state index contributed by atoms with van der Waals surface area (Å²) in [5, 5.41) is 15.3. The van der Waals surface area contributed by atoms with Crippen LogP contribution in [0.15, 0.2) is 67.0 Å². The highest BCUT2D eigenvalue weighted by Crippen LogP contribution is 2.30. The summed E-state index contributed by atoms with van der Waals surface area (Å²) in [7, 11) is 0. The summed E-state index contributed by atoms with van der Waals surface area (Å²) in [4.78, 5) is 25.2. The molecule has 0 N–H and O–H groups in total. The van der Waals surface area contributed by atoms with Crippen molar-refractivity contribution < 1.29 is 9.72 Å². The monoisotopic (exact) mass is 348 g/mol. The minimum atomic E-state index is -0.491. The fraction of sp³-hybridized carbons (Fsp3) is 0.158. The van der Waals surface area contributed by atoms with Gasteiger partial charge in [-0.05, 0) is 23.3 Å². The first-order valence-electron chi connectivity index (χ1n) is 8.24. The van der Waals surface area contributed by atoms with Crippen molar-refractivity contribution in [2.24, 2.45) is 0 Å². The molecule has 1 aliphatic heterocycles. The Balaban J connectivity index is 1.69. The molecule has 4 rings (SSSR count). The summed E-state index contributed by atoms with van der Waals surface area (Å²) < 4.78 is 1.84. The van der Waals surface area contributed by atoms with Crippen LogP contribution in [-0.4, -0.2) is 32.1 Å². The molecule has 0 saturated heterocycles. The number of amides is 1. The molecule has 2 aromatic carbocycles. The second-order valence-corrected chi connectivity index (χ2v) is 6.19. The Bertz CT molecular complexity index is 968. The summed E-state index contributed by atoms with van der Waals surface area (Å²) in [6.07, 6.45) is 3.59. The molecule has 0 fully saturated rings. The molecule has 2 heterocycles. The first-order valence-corrected chi connectivity index (χ1v) is 8.24. The Kier molecular flexibility index (Phi) is 3.96. The van der Waals surface area contributed by atoms with Gasteiger partial charge in [0.15, 0.2) is 0 Å². The molecular weight excluding hydrogens is 332 g/mol. The van der Waals surface area contributed by atoms with Crippen LogP contribution in [0.1, 0.15) is 27.5 Å². The zero-order valence-corrected chi connectivity index (χ0v) is 13.9. The molecule has 0 unspecified atom stereocenters. The number of nitrogens with zero attached hydrogens (tertiary/aromatic N) is 4. The minimum absolute atomic E-state index is 0.0856. The number of nitro benzene ring substituents is 1. The fourth-order valence-corrected chi connectivity index (χ4v) is 3.36. The average molecular weight is 348 g/mol. The van der Waals surface area contributed by atoms with Crippen LogP contribution in [0.25, 0.3) is 0 Å². The van der Waals surface area contributed by atoms with Crippen LogP contribution in [0, 0.1) is 10.1 Å². The van der Waals surface area contributed by atoms with Gasteiger partial charge in [-0.25, -0.2) is 0 Å². The summed E-state index contributed by atoms with van der Waals surface area (Å²) in [6.45, 7) is 0.926. The Morgan fingerprint density at radius 2 is 2.00 bits per heavy atom. The van der Waals surface area contributed by atoms with Crippen molar-refractivity contribution >= 4 is 11.6 Å². The van der Waals surface area contributed by atoms with Gasteiger partial charge in [-0.3, -0.25) is 19.6 Å². The van der Waals surface area contributed by atoms with Crippen molar-refractivity contribution in [3.05, 3.63) is 93.8 Å². The van der Waals surface area contributed by atoms with Gasteiger partial charge in [0.05, 0.1) is 11.0 Å². The van der Waals surface area contributed by atoms with Crippen LogP contribution in [-0.2, 0) is 6.54 Å². The molecule has 1 amide bonds. The van der Waals surface area contributed by atoms with Gasteiger partial charge in [0, 0.05) is 43.2 Å². The third-order valence-corrected chi connectivity index (χ3v) is 4.60. The lowest BCUT2D eigenvalue weighted by atomic mass is 9.95. The molecule has 7 nitrogen and oxygen atoms in total. The largest absolute Gasteiger partial charge is 0.332 e. The van der Waals surface area contributed by atoms with Crippen molar-refractivity contribution in [1.82, 2.24) is 14.7 Å². The number of hydrogen-bond acceptors (Lipinski definition) is 4. The van der Waals surface area contributed by atoms with E-state index in [-0.39, 0.29) is 17.6 Å². The molecule has 0 spiro atoms. The minimum Gasteiger partial charge on any atom is -0.332 e. The van der Waals surface area contributed by atoms with E-state index in [1.165, 1.54) is 18.2 Å². The van der Waals surface area contributed by atoms with E-state index >= 15 is 0 Å². The third kappa shape index (κ3) is 2.83. The predicted octanol–water partition coefficient (Wildman–Crippen LogP) is 3.04.